The fourth-order valence-corrected chi connectivity index (χ4v) is 2.44. The minimum absolute atomic E-state index is 0.327. The Kier molecular flexibility index (Phi) is 5.68. The van der Waals surface area contributed by atoms with E-state index in [9.17, 15) is 24.9 Å². The monoisotopic (exact) mass is 305 g/mol. The lowest BCUT2D eigenvalue weighted by molar-refractivity contribution is -0.296. The molecule has 1 aliphatic heterocycles. The topological polar surface area (TPSA) is 125 Å². The molecule has 1 aliphatic rings. The van der Waals surface area contributed by atoms with E-state index in [-0.39, 0.29) is 12.3 Å². The zero-order chi connectivity index (χ0) is 16.4. The van der Waals surface area contributed by atoms with Gasteiger partial charge in [-0.25, -0.2) is 4.79 Å². The van der Waals surface area contributed by atoms with Gasteiger partial charge in [0.25, 0.3) is 5.79 Å². The van der Waals surface area contributed by atoms with E-state index in [0.717, 1.165) is 0 Å². The van der Waals surface area contributed by atoms with Crippen LogP contribution in [0.2, 0.25) is 0 Å². The van der Waals surface area contributed by atoms with Crippen molar-refractivity contribution in [2.24, 2.45) is 5.92 Å². The maximum absolute atomic E-state index is 11.4. The Morgan fingerprint density at radius 2 is 2.00 bits per heavy atom. The van der Waals surface area contributed by atoms with Crippen LogP contribution in [0, 0.1) is 5.92 Å². The van der Waals surface area contributed by atoms with Gasteiger partial charge in [-0.1, -0.05) is 6.92 Å². The first-order chi connectivity index (χ1) is 9.64. The molecule has 6 atom stereocenters. The molecule has 0 aromatic heterocycles. The van der Waals surface area contributed by atoms with Gasteiger partial charge in [0.1, 0.15) is 0 Å². The average Bonchev–Trinajstić information content (AvgIpc) is 2.39. The second-order valence-corrected chi connectivity index (χ2v) is 5.44. The number of hydrogen-bond acceptors (Lipinski definition) is 6. The highest BCUT2D eigenvalue weighted by atomic mass is 16.7. The van der Waals surface area contributed by atoms with Gasteiger partial charge in [0.05, 0.1) is 24.4 Å². The normalized spacial score (nSPS) is 35.8. The molecule has 0 radical (unpaired) electrons. The largest absolute Gasteiger partial charge is 0.477 e. The Bertz CT molecular complexity index is 400. The third kappa shape index (κ3) is 3.70. The maximum Gasteiger partial charge on any atom is 0.364 e. The smallest absolute Gasteiger partial charge is 0.364 e. The van der Waals surface area contributed by atoms with E-state index in [1.165, 1.54) is 21.0 Å². The number of carbonyl (C=O) groups is 2. The van der Waals surface area contributed by atoms with E-state index >= 15 is 0 Å². The van der Waals surface area contributed by atoms with Crippen molar-refractivity contribution in [1.29, 1.82) is 0 Å². The van der Waals surface area contributed by atoms with Crippen LogP contribution in [0.4, 0.5) is 0 Å². The summed E-state index contributed by atoms with van der Waals surface area (Å²) in [6, 6.07) is -0.824. The third-order valence-corrected chi connectivity index (χ3v) is 3.88. The molecule has 0 aliphatic carbocycles. The number of amides is 1. The van der Waals surface area contributed by atoms with Crippen LogP contribution >= 0.6 is 0 Å². The van der Waals surface area contributed by atoms with Crippen molar-refractivity contribution >= 4 is 11.9 Å². The highest BCUT2D eigenvalue weighted by Gasteiger charge is 2.54. The number of aliphatic carboxylic acids is 1. The fourth-order valence-electron chi connectivity index (χ4n) is 2.44. The first kappa shape index (κ1) is 17.8. The molecule has 8 heteroatoms. The molecule has 4 N–H and O–H groups in total. The maximum atomic E-state index is 11.4. The number of rotatable bonds is 5. The number of carbonyl (C=O) groups excluding carboxylic acids is 1. The van der Waals surface area contributed by atoms with E-state index < -0.39 is 42.0 Å². The van der Waals surface area contributed by atoms with Gasteiger partial charge in [-0.05, 0) is 6.92 Å². The number of nitrogens with one attached hydrogen (secondary N) is 1. The van der Waals surface area contributed by atoms with Crippen LogP contribution in [0.3, 0.4) is 0 Å². The minimum Gasteiger partial charge on any atom is -0.477 e. The van der Waals surface area contributed by atoms with Crippen molar-refractivity contribution in [3.63, 3.8) is 0 Å². The highest BCUT2D eigenvalue weighted by Crippen LogP contribution is 2.34. The lowest BCUT2D eigenvalue weighted by Crippen LogP contribution is -2.65. The van der Waals surface area contributed by atoms with Crippen LogP contribution in [0.5, 0.6) is 0 Å². The van der Waals surface area contributed by atoms with Crippen molar-refractivity contribution in [1.82, 2.24) is 5.32 Å². The second kappa shape index (κ2) is 6.69. The lowest BCUT2D eigenvalue weighted by atomic mass is 9.84. The Balaban J connectivity index is 3.13. The predicted octanol–water partition coefficient (Wildman–Crippen LogP) is -0.915. The first-order valence-corrected chi connectivity index (χ1v) is 6.74. The number of ether oxygens (including phenoxy) is 2. The van der Waals surface area contributed by atoms with Crippen molar-refractivity contribution in [2.45, 2.75) is 57.3 Å². The molecule has 1 rings (SSSR count). The molecular weight excluding hydrogens is 282 g/mol. The lowest BCUT2D eigenvalue weighted by Gasteiger charge is -2.46. The summed E-state index contributed by atoms with van der Waals surface area (Å²) in [6.45, 7) is 4.45. The van der Waals surface area contributed by atoms with Gasteiger partial charge < -0.3 is 30.1 Å². The molecule has 1 saturated heterocycles. The average molecular weight is 305 g/mol. The molecule has 0 aromatic rings. The van der Waals surface area contributed by atoms with E-state index in [4.69, 9.17) is 9.47 Å². The van der Waals surface area contributed by atoms with Gasteiger partial charge >= 0.3 is 5.97 Å². The molecule has 1 heterocycles. The summed E-state index contributed by atoms with van der Waals surface area (Å²) in [5.41, 5.74) is 0. The van der Waals surface area contributed by atoms with Gasteiger partial charge in [-0.15, -0.1) is 0 Å². The summed E-state index contributed by atoms with van der Waals surface area (Å²) in [6.07, 6.45) is -3.23. The van der Waals surface area contributed by atoms with Crippen LogP contribution in [0.25, 0.3) is 0 Å². The SMILES string of the molecule is COC1(C(=O)O)CC(O)C(NC(C)=O)C(C(C)C(C)O)O1. The third-order valence-electron chi connectivity index (χ3n) is 3.88. The van der Waals surface area contributed by atoms with Gasteiger partial charge in [0.2, 0.25) is 5.91 Å². The molecule has 21 heavy (non-hydrogen) atoms. The molecule has 6 unspecified atom stereocenters. The summed E-state index contributed by atoms with van der Waals surface area (Å²) >= 11 is 0. The second-order valence-electron chi connectivity index (χ2n) is 5.44. The Hall–Kier alpha value is -1.22. The zero-order valence-corrected chi connectivity index (χ0v) is 12.6. The quantitative estimate of drug-likeness (QED) is 0.518. The van der Waals surface area contributed by atoms with Crippen LogP contribution in [0.15, 0.2) is 0 Å². The van der Waals surface area contributed by atoms with Crippen LogP contribution < -0.4 is 5.32 Å². The molecule has 0 aromatic carbocycles. The van der Waals surface area contributed by atoms with Crippen LogP contribution in [-0.4, -0.2) is 64.4 Å². The summed E-state index contributed by atoms with van der Waals surface area (Å²) in [5, 5.41) is 31.8. The molecule has 8 nitrogen and oxygen atoms in total. The molecule has 0 bridgehead atoms. The fraction of sp³-hybridized carbons (Fsp3) is 0.846. The highest BCUT2D eigenvalue weighted by molar-refractivity contribution is 5.76. The summed E-state index contributed by atoms with van der Waals surface area (Å²) in [4.78, 5) is 22.7. The number of hydrogen-bond donors (Lipinski definition) is 4. The molecule has 1 amide bonds. The number of aliphatic hydroxyl groups is 2. The standard InChI is InChI=1S/C13H23NO7/c1-6(7(2)15)11-10(14-8(3)16)9(17)5-13(20-4,21-11)12(18)19/h6-7,9-11,15,17H,5H2,1-4H3,(H,14,16)(H,18,19). The van der Waals surface area contributed by atoms with Crippen molar-refractivity contribution in [3.05, 3.63) is 0 Å². The predicted molar refractivity (Wildman–Crippen MR) is 71.3 cm³/mol. The van der Waals surface area contributed by atoms with E-state index in [1.54, 1.807) is 6.92 Å². The van der Waals surface area contributed by atoms with Crippen molar-refractivity contribution < 1.29 is 34.4 Å². The minimum atomic E-state index is -2.00. The Labute approximate surface area is 123 Å². The van der Waals surface area contributed by atoms with E-state index in [0.29, 0.717) is 0 Å². The van der Waals surface area contributed by atoms with E-state index in [2.05, 4.69) is 5.32 Å². The molecule has 0 spiro atoms. The molecule has 1 fully saturated rings. The number of methoxy groups -OCH3 is 1. The molecular formula is C13H23NO7. The summed E-state index contributed by atoms with van der Waals surface area (Å²) in [5.74, 6) is -4.27. The van der Waals surface area contributed by atoms with Gasteiger partial charge in [-0.3, -0.25) is 4.79 Å². The summed E-state index contributed by atoms with van der Waals surface area (Å²) < 4.78 is 10.5. The molecule has 0 saturated carbocycles. The van der Waals surface area contributed by atoms with Gasteiger partial charge in [0, 0.05) is 26.4 Å². The Morgan fingerprint density at radius 1 is 1.43 bits per heavy atom. The summed E-state index contributed by atoms with van der Waals surface area (Å²) in [7, 11) is 1.17. The van der Waals surface area contributed by atoms with Crippen molar-refractivity contribution in [3.8, 4) is 0 Å². The number of carboxylic acids is 1. The zero-order valence-electron chi connectivity index (χ0n) is 12.6. The van der Waals surface area contributed by atoms with Gasteiger partial charge in [-0.2, -0.15) is 0 Å². The van der Waals surface area contributed by atoms with Crippen LogP contribution in [-0.2, 0) is 19.1 Å². The number of aliphatic hydroxyl groups excluding tert-OH is 2. The van der Waals surface area contributed by atoms with Crippen molar-refractivity contribution in [2.75, 3.05) is 7.11 Å². The first-order valence-electron chi connectivity index (χ1n) is 6.74. The molecule has 122 valence electrons. The Morgan fingerprint density at radius 3 is 2.38 bits per heavy atom. The number of carboxylic acid groups (broad SMARTS) is 1. The van der Waals surface area contributed by atoms with Gasteiger partial charge in [0.15, 0.2) is 0 Å². The van der Waals surface area contributed by atoms with E-state index in [1.807, 2.05) is 0 Å². The van der Waals surface area contributed by atoms with Crippen LogP contribution in [0.1, 0.15) is 27.2 Å².